The van der Waals surface area contributed by atoms with Crippen LogP contribution >= 0.6 is 0 Å². The lowest BCUT2D eigenvalue weighted by atomic mass is 9.99. The lowest BCUT2D eigenvalue weighted by molar-refractivity contribution is -0.136. The van der Waals surface area contributed by atoms with Gasteiger partial charge in [0.2, 0.25) is 11.8 Å². The Morgan fingerprint density at radius 1 is 0.898 bits per heavy atom. The summed E-state index contributed by atoms with van der Waals surface area (Å²) in [5.74, 6) is 0.896. The van der Waals surface area contributed by atoms with Crippen molar-refractivity contribution in [2.45, 2.75) is 56.8 Å². The topological polar surface area (TPSA) is 143 Å². The number of likely N-dealkylation sites (tertiary alicyclic amines) is 1. The molecule has 6 heterocycles. The molecule has 0 aliphatic carbocycles. The molecule has 2 aromatic carbocycles. The van der Waals surface area contributed by atoms with E-state index in [1.165, 1.54) is 0 Å². The maximum atomic E-state index is 13.0. The Labute approximate surface area is 285 Å². The standard InChI is InChI=1S/C36H42N8O5/c45-32-5-2-1-4-28(32)29-19-31-34(40-39-29)37-20-25-22-42(15-16-43(25)31)24-10-13-41(14-11-24)12-3-17-49-26-6-7-27-23(18-26)21-44(36(27)48)30-8-9-33(46)38-35(30)47/h1-2,4-7,18-19,24-25,30,45H,3,8-17,20-22H2,(H,37,40)(H,38,46,47)/t25-,30?/m0/s1. The van der Waals surface area contributed by atoms with Gasteiger partial charge >= 0.3 is 0 Å². The SMILES string of the molecule is O=C1CCC(N2Cc3cc(OCCCN4CCC(N5CCN6c7cc(-c8ccccc8O)nnc7NC[C@H]6C5)CC4)ccc3C2=O)C(=O)N1. The van der Waals surface area contributed by atoms with Gasteiger partial charge in [-0.15, -0.1) is 10.2 Å². The Bertz CT molecular complexity index is 1760. The molecule has 3 aromatic rings. The first-order valence-electron chi connectivity index (χ1n) is 17.4. The zero-order valence-electron chi connectivity index (χ0n) is 27.5. The molecule has 5 aliphatic heterocycles. The first kappa shape index (κ1) is 31.5. The molecule has 3 fully saturated rings. The van der Waals surface area contributed by atoms with Crippen LogP contribution in [0.2, 0.25) is 0 Å². The monoisotopic (exact) mass is 666 g/mol. The summed E-state index contributed by atoms with van der Waals surface area (Å²) in [6.07, 6.45) is 3.83. The van der Waals surface area contributed by atoms with Crippen molar-refractivity contribution in [2.75, 3.05) is 62.6 Å². The molecule has 1 unspecified atom stereocenters. The lowest BCUT2D eigenvalue weighted by Crippen LogP contribution is -2.60. The number of rotatable bonds is 8. The van der Waals surface area contributed by atoms with Gasteiger partial charge in [-0.3, -0.25) is 24.6 Å². The van der Waals surface area contributed by atoms with Crippen molar-refractivity contribution < 1.29 is 24.2 Å². The van der Waals surface area contributed by atoms with Gasteiger partial charge in [0.05, 0.1) is 24.0 Å². The minimum Gasteiger partial charge on any atom is -0.507 e. The molecule has 256 valence electrons. The number of hydrogen-bond acceptors (Lipinski definition) is 11. The number of phenolic OH excluding ortho intramolecular Hbond substituents is 1. The summed E-state index contributed by atoms with van der Waals surface area (Å²) in [5, 5.41) is 25.0. The molecule has 2 atom stereocenters. The van der Waals surface area contributed by atoms with E-state index in [1.807, 2.05) is 30.3 Å². The van der Waals surface area contributed by atoms with Gasteiger partial charge < -0.3 is 29.9 Å². The summed E-state index contributed by atoms with van der Waals surface area (Å²) >= 11 is 0. The average molecular weight is 667 g/mol. The number of aromatic hydroxyl groups is 1. The van der Waals surface area contributed by atoms with Crippen LogP contribution in [0.15, 0.2) is 48.5 Å². The van der Waals surface area contributed by atoms with Crippen LogP contribution in [0.5, 0.6) is 11.5 Å². The fourth-order valence-electron chi connectivity index (χ4n) is 8.09. The largest absolute Gasteiger partial charge is 0.507 e. The Kier molecular flexibility index (Phi) is 8.54. The molecule has 0 spiro atoms. The van der Waals surface area contributed by atoms with Crippen LogP contribution in [-0.2, 0) is 16.1 Å². The number of carbonyl (C=O) groups is 3. The van der Waals surface area contributed by atoms with Crippen LogP contribution in [0.1, 0.15) is 48.0 Å². The van der Waals surface area contributed by atoms with E-state index in [-0.39, 0.29) is 24.0 Å². The second-order valence-corrected chi connectivity index (χ2v) is 13.7. The van der Waals surface area contributed by atoms with E-state index in [1.54, 1.807) is 17.0 Å². The van der Waals surface area contributed by atoms with Crippen molar-refractivity contribution in [3.8, 4) is 22.8 Å². The molecule has 0 saturated carbocycles. The fourth-order valence-corrected chi connectivity index (χ4v) is 8.09. The predicted molar refractivity (Wildman–Crippen MR) is 182 cm³/mol. The molecule has 0 bridgehead atoms. The van der Waals surface area contributed by atoms with Gasteiger partial charge in [-0.05, 0) is 80.7 Å². The molecule has 8 rings (SSSR count). The first-order valence-corrected chi connectivity index (χ1v) is 17.4. The van der Waals surface area contributed by atoms with E-state index in [9.17, 15) is 19.5 Å². The third-order valence-corrected chi connectivity index (χ3v) is 10.7. The van der Waals surface area contributed by atoms with Crippen molar-refractivity contribution in [3.05, 3.63) is 59.7 Å². The Balaban J connectivity index is 0.784. The number of benzene rings is 2. The number of anilines is 2. The van der Waals surface area contributed by atoms with Crippen molar-refractivity contribution in [2.24, 2.45) is 0 Å². The number of piperidine rings is 2. The molecule has 3 N–H and O–H groups in total. The number of aromatic nitrogens is 2. The highest BCUT2D eigenvalue weighted by atomic mass is 16.5. The van der Waals surface area contributed by atoms with Crippen LogP contribution in [0.4, 0.5) is 11.5 Å². The van der Waals surface area contributed by atoms with Gasteiger partial charge in [0.25, 0.3) is 5.91 Å². The summed E-state index contributed by atoms with van der Waals surface area (Å²) in [4.78, 5) is 46.1. The number of piperazine rings is 1. The summed E-state index contributed by atoms with van der Waals surface area (Å²) in [7, 11) is 0. The Hall–Kier alpha value is -4.75. The first-order chi connectivity index (χ1) is 23.9. The second-order valence-electron chi connectivity index (χ2n) is 13.7. The summed E-state index contributed by atoms with van der Waals surface area (Å²) in [5.41, 5.74) is 3.89. The summed E-state index contributed by atoms with van der Waals surface area (Å²) < 4.78 is 6.08. The number of imide groups is 1. The number of phenols is 1. The van der Waals surface area contributed by atoms with E-state index in [0.717, 1.165) is 87.9 Å². The van der Waals surface area contributed by atoms with Crippen molar-refractivity contribution in [3.63, 3.8) is 0 Å². The number of carbonyl (C=O) groups excluding carboxylic acids is 3. The quantitative estimate of drug-likeness (QED) is 0.241. The minimum absolute atomic E-state index is 0.170. The normalized spacial score (nSPS) is 23.1. The smallest absolute Gasteiger partial charge is 0.255 e. The molecule has 13 heteroatoms. The average Bonchev–Trinajstić information content (AvgIpc) is 3.45. The molecular weight excluding hydrogens is 624 g/mol. The fraction of sp³-hybridized carbons (Fsp3) is 0.472. The van der Waals surface area contributed by atoms with Crippen molar-refractivity contribution in [1.82, 2.24) is 30.2 Å². The molecule has 49 heavy (non-hydrogen) atoms. The highest BCUT2D eigenvalue weighted by Crippen LogP contribution is 2.37. The van der Waals surface area contributed by atoms with Crippen LogP contribution in [0.3, 0.4) is 0 Å². The third-order valence-electron chi connectivity index (χ3n) is 10.7. The minimum atomic E-state index is -0.613. The number of nitrogens with zero attached hydrogens (tertiary/aromatic N) is 6. The predicted octanol–water partition coefficient (Wildman–Crippen LogP) is 2.46. The molecular formula is C36H42N8O5. The van der Waals surface area contributed by atoms with Gasteiger partial charge in [-0.2, -0.15) is 0 Å². The van der Waals surface area contributed by atoms with E-state index >= 15 is 0 Å². The zero-order valence-corrected chi connectivity index (χ0v) is 27.5. The van der Waals surface area contributed by atoms with Crippen LogP contribution in [0, 0.1) is 0 Å². The van der Waals surface area contributed by atoms with Crippen molar-refractivity contribution in [1.29, 1.82) is 0 Å². The van der Waals surface area contributed by atoms with E-state index in [4.69, 9.17) is 4.74 Å². The van der Waals surface area contributed by atoms with Gasteiger partial charge in [-0.25, -0.2) is 0 Å². The zero-order chi connectivity index (χ0) is 33.5. The van der Waals surface area contributed by atoms with Gasteiger partial charge in [0, 0.05) is 62.9 Å². The summed E-state index contributed by atoms with van der Waals surface area (Å²) in [6, 6.07) is 15.2. The molecule has 0 radical (unpaired) electrons. The molecule has 3 amide bonds. The Morgan fingerprint density at radius 2 is 1.76 bits per heavy atom. The van der Waals surface area contributed by atoms with Crippen LogP contribution in [-0.4, -0.2) is 118 Å². The van der Waals surface area contributed by atoms with Crippen LogP contribution < -0.4 is 20.3 Å². The van der Waals surface area contributed by atoms with Gasteiger partial charge in [0.15, 0.2) is 5.82 Å². The molecule has 5 aliphatic rings. The van der Waals surface area contributed by atoms with Crippen LogP contribution in [0.25, 0.3) is 11.3 Å². The second kappa shape index (κ2) is 13.3. The molecule has 13 nitrogen and oxygen atoms in total. The van der Waals surface area contributed by atoms with E-state index in [0.29, 0.717) is 48.5 Å². The number of fused-ring (bicyclic) bond motifs is 4. The molecule has 1 aromatic heterocycles. The van der Waals surface area contributed by atoms with E-state index in [2.05, 4.69) is 41.6 Å². The lowest BCUT2D eigenvalue weighted by Gasteiger charge is -2.49. The van der Waals surface area contributed by atoms with Gasteiger partial charge in [0.1, 0.15) is 17.5 Å². The number of hydrogen-bond donors (Lipinski definition) is 3. The summed E-state index contributed by atoms with van der Waals surface area (Å²) in [6.45, 7) is 7.88. The van der Waals surface area contributed by atoms with Crippen molar-refractivity contribution >= 4 is 29.2 Å². The number of para-hydroxylation sites is 1. The highest BCUT2D eigenvalue weighted by molar-refractivity contribution is 6.05. The number of amides is 3. The number of nitrogens with one attached hydrogen (secondary N) is 2. The Morgan fingerprint density at radius 3 is 2.59 bits per heavy atom. The third kappa shape index (κ3) is 6.28. The van der Waals surface area contributed by atoms with Gasteiger partial charge in [-0.1, -0.05) is 12.1 Å². The van der Waals surface area contributed by atoms with E-state index < -0.39 is 11.9 Å². The maximum Gasteiger partial charge on any atom is 0.255 e. The maximum absolute atomic E-state index is 13.0. The number of ether oxygens (including phenoxy) is 1. The highest BCUT2D eigenvalue weighted by Gasteiger charge is 2.39. The molecule has 3 saturated heterocycles.